The summed E-state index contributed by atoms with van der Waals surface area (Å²) in [4.78, 5) is 50.5. The van der Waals surface area contributed by atoms with Crippen LogP contribution in [-0.4, -0.2) is 52.2 Å². The number of urea groups is 1. The summed E-state index contributed by atoms with van der Waals surface area (Å²) in [6.45, 7) is 2.47. The number of carboxylic acid groups (broad SMARTS) is 2. The summed E-state index contributed by atoms with van der Waals surface area (Å²) in [7, 11) is 0. The molecule has 35 heavy (non-hydrogen) atoms. The first-order valence-corrected chi connectivity index (χ1v) is 11.7. The van der Waals surface area contributed by atoms with Gasteiger partial charge in [0.05, 0.1) is 15.2 Å². The number of aryl methyl sites for hydroxylation is 1. The minimum Gasteiger partial charge on any atom is -0.481 e. The zero-order valence-electron chi connectivity index (χ0n) is 19.0. The van der Waals surface area contributed by atoms with Crippen LogP contribution in [0.2, 0.25) is 0 Å². The molecule has 0 atom stereocenters. The monoisotopic (exact) mass is 498 g/mol. The number of nitrogens with one attached hydrogen (secondary N) is 3. The summed E-state index contributed by atoms with van der Waals surface area (Å²) in [5.74, 6) is -4.44. The summed E-state index contributed by atoms with van der Waals surface area (Å²) >= 11 is 1.56. The van der Waals surface area contributed by atoms with Crippen molar-refractivity contribution in [3.8, 4) is 0 Å². The van der Waals surface area contributed by atoms with E-state index in [0.29, 0.717) is 24.2 Å². The van der Waals surface area contributed by atoms with Crippen LogP contribution in [0.25, 0.3) is 10.2 Å². The maximum absolute atomic E-state index is 12.1. The number of carbonyl (C=O) groups is 4. The van der Waals surface area contributed by atoms with Gasteiger partial charge in [0.1, 0.15) is 0 Å². The lowest BCUT2D eigenvalue weighted by Gasteiger charge is -2.10. The lowest BCUT2D eigenvalue weighted by atomic mass is 9.98. The molecule has 0 fully saturated rings. The number of carboxylic acids is 2. The molecular formula is C24H26N4O6S. The Morgan fingerprint density at radius 2 is 1.60 bits per heavy atom. The predicted octanol–water partition coefficient (Wildman–Crippen LogP) is 2.80. The molecular weight excluding hydrogens is 472 g/mol. The minimum absolute atomic E-state index is 0.0985. The van der Waals surface area contributed by atoms with Crippen LogP contribution in [0.1, 0.15) is 22.6 Å². The molecule has 0 unspecified atom stereocenters. The van der Waals surface area contributed by atoms with E-state index in [4.69, 9.17) is 10.2 Å². The molecule has 0 aliphatic heterocycles. The molecule has 3 aromatic rings. The van der Waals surface area contributed by atoms with Gasteiger partial charge in [-0.05, 0) is 49.1 Å². The van der Waals surface area contributed by atoms with Gasteiger partial charge < -0.3 is 26.2 Å². The zero-order chi connectivity index (χ0) is 25.4. The van der Waals surface area contributed by atoms with E-state index in [2.05, 4.69) is 20.9 Å². The van der Waals surface area contributed by atoms with Gasteiger partial charge in [0.15, 0.2) is 5.92 Å². The van der Waals surface area contributed by atoms with Crippen LogP contribution >= 0.6 is 11.3 Å². The second kappa shape index (κ2) is 11.9. The number of amides is 3. The van der Waals surface area contributed by atoms with Crippen molar-refractivity contribution in [1.29, 1.82) is 0 Å². The molecule has 0 spiro atoms. The zero-order valence-corrected chi connectivity index (χ0v) is 19.9. The highest BCUT2D eigenvalue weighted by Gasteiger charge is 2.25. The molecule has 0 bridgehead atoms. The summed E-state index contributed by atoms with van der Waals surface area (Å²) in [6.07, 6.45) is 0.565. The second-order valence-electron chi connectivity index (χ2n) is 7.90. The number of rotatable bonds is 11. The quantitative estimate of drug-likeness (QED) is 0.254. The number of carbonyl (C=O) groups excluding carboxylic acids is 2. The van der Waals surface area contributed by atoms with E-state index >= 15 is 0 Å². The molecule has 10 nitrogen and oxygen atoms in total. The Hall–Kier alpha value is -3.99. The minimum atomic E-state index is -1.49. The first kappa shape index (κ1) is 25.6. The van der Waals surface area contributed by atoms with Crippen molar-refractivity contribution in [2.45, 2.75) is 26.2 Å². The number of benzene rings is 2. The second-order valence-corrected chi connectivity index (χ2v) is 9.13. The average molecular weight is 499 g/mol. The van der Waals surface area contributed by atoms with Crippen LogP contribution in [0.3, 0.4) is 0 Å². The number of thiazole rings is 1. The summed E-state index contributed by atoms with van der Waals surface area (Å²) < 4.78 is 0.997. The molecule has 1 aromatic heterocycles. The van der Waals surface area contributed by atoms with E-state index in [9.17, 15) is 19.2 Å². The van der Waals surface area contributed by atoms with Crippen LogP contribution < -0.4 is 16.0 Å². The Morgan fingerprint density at radius 1 is 0.943 bits per heavy atom. The van der Waals surface area contributed by atoms with E-state index in [1.54, 1.807) is 41.7 Å². The first-order chi connectivity index (χ1) is 16.7. The smallest absolute Gasteiger partial charge is 0.318 e. The van der Waals surface area contributed by atoms with Crippen molar-refractivity contribution < 1.29 is 29.4 Å². The number of anilines is 1. The molecule has 2 aromatic carbocycles. The van der Waals surface area contributed by atoms with E-state index in [1.807, 2.05) is 19.1 Å². The van der Waals surface area contributed by atoms with E-state index in [-0.39, 0.29) is 31.3 Å². The Balaban J connectivity index is 1.33. The van der Waals surface area contributed by atoms with Crippen LogP contribution in [0, 0.1) is 12.8 Å². The van der Waals surface area contributed by atoms with Gasteiger partial charge >= 0.3 is 18.0 Å². The molecule has 0 aliphatic rings. The predicted molar refractivity (Wildman–Crippen MR) is 132 cm³/mol. The summed E-state index contributed by atoms with van der Waals surface area (Å²) in [5, 5.41) is 27.1. The van der Waals surface area contributed by atoms with Crippen molar-refractivity contribution in [1.82, 2.24) is 15.6 Å². The largest absolute Gasteiger partial charge is 0.481 e. The number of aliphatic carboxylic acids is 2. The Bertz CT molecular complexity index is 1210. The van der Waals surface area contributed by atoms with Gasteiger partial charge in [-0.25, -0.2) is 9.78 Å². The SMILES string of the molecule is Cc1nc2ccc(NC(=O)CCNC(=O)NCCc3ccc(CC(C(=O)O)C(=O)O)cc3)cc2s1. The fourth-order valence-corrected chi connectivity index (χ4v) is 4.24. The summed E-state index contributed by atoms with van der Waals surface area (Å²) in [6, 6.07) is 12.0. The number of hydrogen-bond donors (Lipinski definition) is 5. The molecule has 11 heteroatoms. The molecule has 3 rings (SSSR count). The van der Waals surface area contributed by atoms with Gasteiger partial charge in [0.2, 0.25) is 5.91 Å². The highest BCUT2D eigenvalue weighted by Crippen LogP contribution is 2.24. The lowest BCUT2D eigenvalue weighted by Crippen LogP contribution is -2.38. The maximum Gasteiger partial charge on any atom is 0.318 e. The van der Waals surface area contributed by atoms with Crippen LogP contribution in [0.4, 0.5) is 10.5 Å². The van der Waals surface area contributed by atoms with E-state index in [1.165, 1.54) is 0 Å². The van der Waals surface area contributed by atoms with Gasteiger partial charge in [-0.15, -0.1) is 11.3 Å². The van der Waals surface area contributed by atoms with Gasteiger partial charge in [0, 0.05) is 25.2 Å². The molecule has 0 radical (unpaired) electrons. The topological polar surface area (TPSA) is 158 Å². The highest BCUT2D eigenvalue weighted by molar-refractivity contribution is 7.18. The molecule has 0 saturated heterocycles. The van der Waals surface area contributed by atoms with Crippen molar-refractivity contribution in [2.24, 2.45) is 5.92 Å². The summed E-state index contributed by atoms with van der Waals surface area (Å²) in [5.41, 5.74) is 3.09. The van der Waals surface area contributed by atoms with E-state index < -0.39 is 17.9 Å². The third-order valence-electron chi connectivity index (χ3n) is 5.17. The van der Waals surface area contributed by atoms with Gasteiger partial charge in [-0.1, -0.05) is 24.3 Å². The van der Waals surface area contributed by atoms with Crippen molar-refractivity contribution in [3.63, 3.8) is 0 Å². The first-order valence-electron chi connectivity index (χ1n) is 10.9. The third-order valence-corrected chi connectivity index (χ3v) is 6.11. The fraction of sp³-hybridized carbons (Fsp3) is 0.292. The van der Waals surface area contributed by atoms with Gasteiger partial charge in [0.25, 0.3) is 0 Å². The Kier molecular flexibility index (Phi) is 8.74. The number of nitrogens with zero attached hydrogens (tertiary/aromatic N) is 1. The van der Waals surface area contributed by atoms with Crippen LogP contribution in [-0.2, 0) is 27.2 Å². The van der Waals surface area contributed by atoms with Gasteiger partial charge in [-0.2, -0.15) is 0 Å². The van der Waals surface area contributed by atoms with Crippen molar-refractivity contribution >= 4 is 51.1 Å². The molecule has 5 N–H and O–H groups in total. The molecule has 0 saturated carbocycles. The van der Waals surface area contributed by atoms with Crippen LogP contribution in [0.5, 0.6) is 0 Å². The number of aromatic nitrogens is 1. The maximum atomic E-state index is 12.1. The molecule has 184 valence electrons. The lowest BCUT2D eigenvalue weighted by molar-refractivity contribution is -0.154. The number of fused-ring (bicyclic) bond motifs is 1. The van der Waals surface area contributed by atoms with Crippen molar-refractivity contribution in [2.75, 3.05) is 18.4 Å². The molecule has 1 heterocycles. The Labute approximate surface area is 205 Å². The standard InChI is InChI=1S/C24H26N4O6S/c1-14-27-19-7-6-17(13-20(19)35-14)28-21(29)9-11-26-24(34)25-10-8-15-2-4-16(5-3-15)12-18(22(30)31)23(32)33/h2-7,13,18H,8-12H2,1H3,(H,28,29)(H,30,31)(H,32,33)(H2,25,26,34). The van der Waals surface area contributed by atoms with Crippen LogP contribution in [0.15, 0.2) is 42.5 Å². The Morgan fingerprint density at radius 3 is 2.29 bits per heavy atom. The third kappa shape index (κ3) is 7.78. The van der Waals surface area contributed by atoms with E-state index in [0.717, 1.165) is 20.8 Å². The number of hydrogen-bond acceptors (Lipinski definition) is 6. The molecule has 3 amide bonds. The molecule has 0 aliphatic carbocycles. The average Bonchev–Trinajstić information content (AvgIpc) is 3.17. The van der Waals surface area contributed by atoms with Crippen molar-refractivity contribution in [3.05, 3.63) is 58.6 Å². The highest BCUT2D eigenvalue weighted by atomic mass is 32.1. The fourth-order valence-electron chi connectivity index (χ4n) is 3.37. The normalized spacial score (nSPS) is 10.8. The van der Waals surface area contributed by atoms with Gasteiger partial charge in [-0.3, -0.25) is 14.4 Å².